The number of aromatic nitrogens is 2. The largest absolute Gasteiger partial charge is 0.329 e. The lowest BCUT2D eigenvalue weighted by Crippen LogP contribution is -2.34. The lowest BCUT2D eigenvalue weighted by Gasteiger charge is -2.25. The number of hydrogen-bond acceptors (Lipinski definition) is 3. The zero-order chi connectivity index (χ0) is 13.1. The van der Waals surface area contributed by atoms with Crippen LogP contribution in [0.2, 0.25) is 0 Å². The van der Waals surface area contributed by atoms with Gasteiger partial charge in [0.15, 0.2) is 0 Å². The van der Waals surface area contributed by atoms with Crippen LogP contribution in [0.15, 0.2) is 12.3 Å². The van der Waals surface area contributed by atoms with Crippen LogP contribution in [0, 0.1) is 0 Å². The van der Waals surface area contributed by atoms with Gasteiger partial charge in [-0.25, -0.2) is 0 Å². The van der Waals surface area contributed by atoms with Crippen LogP contribution in [0.5, 0.6) is 0 Å². The molecular weight excluding hydrogens is 254 g/mol. The highest BCUT2D eigenvalue weighted by Gasteiger charge is 2.34. The van der Waals surface area contributed by atoms with Crippen LogP contribution in [-0.4, -0.2) is 26.8 Å². The van der Waals surface area contributed by atoms with Crippen molar-refractivity contribution in [3.63, 3.8) is 0 Å². The minimum absolute atomic E-state index is 0.270. The van der Waals surface area contributed by atoms with E-state index in [9.17, 15) is 0 Å². The SMILES string of the molecule is NCC1(Cc2ccn(C3CCCCC3)n2)CCCS1. The second-order valence-corrected chi connectivity index (χ2v) is 7.66. The number of rotatable bonds is 4. The topological polar surface area (TPSA) is 43.8 Å². The maximum absolute atomic E-state index is 6.01. The number of nitrogens with two attached hydrogens (primary N) is 1. The van der Waals surface area contributed by atoms with Crippen molar-refractivity contribution in [2.75, 3.05) is 12.3 Å². The number of hydrogen-bond donors (Lipinski definition) is 1. The summed E-state index contributed by atoms with van der Waals surface area (Å²) in [6, 6.07) is 2.86. The van der Waals surface area contributed by atoms with Crippen LogP contribution in [0.1, 0.15) is 56.7 Å². The highest BCUT2D eigenvalue weighted by atomic mass is 32.2. The van der Waals surface area contributed by atoms with Crippen LogP contribution in [0.3, 0.4) is 0 Å². The predicted octanol–water partition coefficient (Wildman–Crippen LogP) is 3.16. The van der Waals surface area contributed by atoms with Crippen LogP contribution >= 0.6 is 11.8 Å². The van der Waals surface area contributed by atoms with Crippen molar-refractivity contribution in [2.24, 2.45) is 5.73 Å². The first-order valence-corrected chi connectivity index (χ1v) is 8.68. The molecule has 1 saturated heterocycles. The molecule has 1 aliphatic carbocycles. The maximum Gasteiger partial charge on any atom is 0.0639 e. The van der Waals surface area contributed by atoms with Gasteiger partial charge in [-0.3, -0.25) is 4.68 Å². The van der Waals surface area contributed by atoms with E-state index in [0.29, 0.717) is 6.04 Å². The van der Waals surface area contributed by atoms with Crippen molar-refractivity contribution in [2.45, 2.75) is 62.2 Å². The highest BCUT2D eigenvalue weighted by molar-refractivity contribution is 8.00. The second-order valence-electron chi connectivity index (χ2n) is 6.09. The van der Waals surface area contributed by atoms with E-state index < -0.39 is 0 Å². The van der Waals surface area contributed by atoms with Gasteiger partial charge in [-0.1, -0.05) is 19.3 Å². The van der Waals surface area contributed by atoms with Crippen LogP contribution in [0.4, 0.5) is 0 Å². The molecule has 1 saturated carbocycles. The predicted molar refractivity (Wildman–Crippen MR) is 81.5 cm³/mol. The van der Waals surface area contributed by atoms with Crippen molar-refractivity contribution in [3.05, 3.63) is 18.0 Å². The van der Waals surface area contributed by atoms with E-state index in [4.69, 9.17) is 10.8 Å². The fraction of sp³-hybridized carbons (Fsp3) is 0.800. The van der Waals surface area contributed by atoms with E-state index >= 15 is 0 Å². The van der Waals surface area contributed by atoms with Gasteiger partial charge in [0, 0.05) is 23.9 Å². The molecule has 2 fully saturated rings. The van der Waals surface area contributed by atoms with E-state index in [-0.39, 0.29) is 4.75 Å². The zero-order valence-corrected chi connectivity index (χ0v) is 12.5. The van der Waals surface area contributed by atoms with E-state index in [0.717, 1.165) is 13.0 Å². The van der Waals surface area contributed by atoms with Gasteiger partial charge in [0.1, 0.15) is 0 Å². The monoisotopic (exact) mass is 279 g/mol. The van der Waals surface area contributed by atoms with Crippen molar-refractivity contribution in [3.8, 4) is 0 Å². The summed E-state index contributed by atoms with van der Waals surface area (Å²) in [5.74, 6) is 1.26. The Morgan fingerprint density at radius 2 is 2.16 bits per heavy atom. The molecule has 1 aromatic heterocycles. The summed E-state index contributed by atoms with van der Waals surface area (Å²) in [6.07, 6.45) is 12.5. The Bertz CT molecular complexity index is 403. The molecule has 19 heavy (non-hydrogen) atoms. The summed E-state index contributed by atoms with van der Waals surface area (Å²) in [6.45, 7) is 0.786. The minimum atomic E-state index is 0.270. The molecule has 0 bridgehead atoms. The van der Waals surface area contributed by atoms with E-state index in [1.165, 1.54) is 56.4 Å². The van der Waals surface area contributed by atoms with Crippen molar-refractivity contribution in [1.82, 2.24) is 9.78 Å². The van der Waals surface area contributed by atoms with Gasteiger partial charge in [-0.05, 0) is 37.5 Å². The molecule has 2 N–H and O–H groups in total. The van der Waals surface area contributed by atoms with E-state index in [1.807, 2.05) is 0 Å². The van der Waals surface area contributed by atoms with E-state index in [1.54, 1.807) is 0 Å². The summed E-state index contributed by atoms with van der Waals surface area (Å²) >= 11 is 2.06. The van der Waals surface area contributed by atoms with Gasteiger partial charge >= 0.3 is 0 Å². The summed E-state index contributed by atoms with van der Waals surface area (Å²) < 4.78 is 2.49. The molecule has 0 amide bonds. The Morgan fingerprint density at radius 3 is 2.84 bits per heavy atom. The van der Waals surface area contributed by atoms with Crippen molar-refractivity contribution < 1.29 is 0 Å². The van der Waals surface area contributed by atoms with Gasteiger partial charge in [-0.15, -0.1) is 0 Å². The lowest BCUT2D eigenvalue weighted by atomic mass is 9.96. The summed E-state index contributed by atoms with van der Waals surface area (Å²) in [5, 5.41) is 4.84. The van der Waals surface area contributed by atoms with Gasteiger partial charge in [-0.2, -0.15) is 16.9 Å². The third kappa shape index (κ3) is 3.00. The molecule has 0 spiro atoms. The molecule has 3 nitrogen and oxygen atoms in total. The lowest BCUT2D eigenvalue weighted by molar-refractivity contribution is 0.327. The van der Waals surface area contributed by atoms with Crippen molar-refractivity contribution >= 4 is 11.8 Å². The number of nitrogens with zero attached hydrogens (tertiary/aromatic N) is 2. The van der Waals surface area contributed by atoms with Gasteiger partial charge in [0.25, 0.3) is 0 Å². The molecule has 4 heteroatoms. The fourth-order valence-corrected chi connectivity index (χ4v) is 4.86. The molecule has 1 atom stereocenters. The molecule has 2 aliphatic rings. The average Bonchev–Trinajstić information content (AvgIpc) is 3.10. The summed E-state index contributed by atoms with van der Waals surface area (Å²) in [7, 11) is 0. The van der Waals surface area contributed by atoms with Gasteiger partial charge < -0.3 is 5.73 Å². The number of thioether (sulfide) groups is 1. The third-order valence-electron chi connectivity index (χ3n) is 4.67. The Hall–Kier alpha value is -0.480. The van der Waals surface area contributed by atoms with Gasteiger partial charge in [0.05, 0.1) is 11.7 Å². The normalized spacial score (nSPS) is 28.9. The molecule has 1 unspecified atom stereocenters. The van der Waals surface area contributed by atoms with Crippen LogP contribution in [-0.2, 0) is 6.42 Å². The quantitative estimate of drug-likeness (QED) is 0.920. The molecule has 1 aliphatic heterocycles. The average molecular weight is 279 g/mol. The van der Waals surface area contributed by atoms with Crippen LogP contribution in [0.25, 0.3) is 0 Å². The Morgan fingerprint density at radius 1 is 1.32 bits per heavy atom. The molecule has 3 rings (SSSR count). The molecular formula is C15H25N3S. The van der Waals surface area contributed by atoms with E-state index in [2.05, 4.69) is 28.7 Å². The van der Waals surface area contributed by atoms with Gasteiger partial charge in [0.2, 0.25) is 0 Å². The third-order valence-corrected chi connectivity index (χ3v) is 6.29. The Balaban J connectivity index is 1.67. The Kier molecular flexibility index (Phi) is 4.18. The van der Waals surface area contributed by atoms with Crippen molar-refractivity contribution in [1.29, 1.82) is 0 Å². The first-order valence-electron chi connectivity index (χ1n) is 7.69. The summed E-state index contributed by atoms with van der Waals surface area (Å²) in [4.78, 5) is 0. The fourth-order valence-electron chi connectivity index (χ4n) is 3.48. The molecule has 106 valence electrons. The maximum atomic E-state index is 6.01. The molecule has 1 aromatic rings. The zero-order valence-electron chi connectivity index (χ0n) is 11.7. The van der Waals surface area contributed by atoms with Crippen LogP contribution < -0.4 is 5.73 Å². The first-order chi connectivity index (χ1) is 9.31. The first kappa shape index (κ1) is 13.5. The smallest absolute Gasteiger partial charge is 0.0639 e. The molecule has 0 radical (unpaired) electrons. The second kappa shape index (κ2) is 5.88. The highest BCUT2D eigenvalue weighted by Crippen LogP contribution is 2.39. The Labute approximate surface area is 120 Å². The summed E-state index contributed by atoms with van der Waals surface area (Å²) in [5.41, 5.74) is 7.25. The molecule has 2 heterocycles. The molecule has 0 aromatic carbocycles. The minimum Gasteiger partial charge on any atom is -0.329 e. The standard InChI is InChI=1S/C15H25N3S/c16-12-15(8-4-10-19-15)11-13-7-9-18(17-13)14-5-2-1-3-6-14/h7,9,14H,1-6,8,10-12,16H2.